The van der Waals surface area contributed by atoms with E-state index in [1.54, 1.807) is 24.3 Å². The molecule has 1 aromatic heterocycles. The fourth-order valence-electron chi connectivity index (χ4n) is 7.23. The first-order chi connectivity index (χ1) is 18.3. The number of carbonyl (C=O) groups excluding carboxylic acids is 1. The molecule has 1 heterocycles. The van der Waals surface area contributed by atoms with Crippen molar-refractivity contribution in [1.29, 1.82) is 0 Å². The molecule has 2 bridgehead atoms. The van der Waals surface area contributed by atoms with Crippen LogP contribution in [0.2, 0.25) is 5.02 Å². The van der Waals surface area contributed by atoms with E-state index < -0.39 is 23.6 Å². The molecule has 3 aliphatic rings. The van der Waals surface area contributed by atoms with E-state index in [1.165, 1.54) is 0 Å². The molecule has 3 fully saturated rings. The van der Waals surface area contributed by atoms with E-state index in [4.69, 9.17) is 16.6 Å². The zero-order chi connectivity index (χ0) is 26.6. The van der Waals surface area contributed by atoms with Gasteiger partial charge in [0.05, 0.1) is 17.0 Å². The maximum absolute atomic E-state index is 14.6. The number of rotatable bonds is 6. The van der Waals surface area contributed by atoms with Gasteiger partial charge >= 0.3 is 5.97 Å². The monoisotopic (exact) mass is 541 g/mol. The third kappa shape index (κ3) is 4.46. The lowest BCUT2D eigenvalue weighted by atomic mass is 9.84. The van der Waals surface area contributed by atoms with E-state index in [1.807, 2.05) is 4.57 Å². The van der Waals surface area contributed by atoms with Gasteiger partial charge in [0.1, 0.15) is 11.9 Å². The summed E-state index contributed by atoms with van der Waals surface area (Å²) in [4.78, 5) is 30.3. The second kappa shape index (κ2) is 9.95. The molecular formula is C29H30ClF2N3O3. The maximum atomic E-state index is 14.6. The van der Waals surface area contributed by atoms with Crippen LogP contribution in [-0.2, 0) is 9.59 Å². The van der Waals surface area contributed by atoms with Gasteiger partial charge in [-0.25, -0.2) is 13.8 Å². The molecule has 3 aromatic rings. The first-order valence-corrected chi connectivity index (χ1v) is 13.8. The van der Waals surface area contributed by atoms with E-state index in [2.05, 4.69) is 5.32 Å². The number of hydrogen-bond acceptors (Lipinski definition) is 3. The van der Waals surface area contributed by atoms with Crippen LogP contribution in [0.3, 0.4) is 0 Å². The van der Waals surface area contributed by atoms with Gasteiger partial charge in [0.2, 0.25) is 5.91 Å². The van der Waals surface area contributed by atoms with Crippen LogP contribution in [0.1, 0.15) is 57.4 Å². The average molecular weight is 542 g/mol. The molecule has 9 heteroatoms. The van der Waals surface area contributed by atoms with Gasteiger partial charge in [-0.2, -0.15) is 0 Å². The fraction of sp³-hybridized carbons (Fsp3) is 0.483. The number of carbonyl (C=O) groups is 2. The second-order valence-corrected chi connectivity index (χ2v) is 11.6. The van der Waals surface area contributed by atoms with Crippen LogP contribution in [0.4, 0.5) is 8.78 Å². The summed E-state index contributed by atoms with van der Waals surface area (Å²) in [6.07, 6.45) is 6.44. The molecular weight excluding hydrogens is 512 g/mol. The van der Waals surface area contributed by atoms with Gasteiger partial charge in [-0.05, 0) is 93.4 Å². The Balaban J connectivity index is 1.45. The summed E-state index contributed by atoms with van der Waals surface area (Å²) in [5.41, 5.74) is 1.38. The summed E-state index contributed by atoms with van der Waals surface area (Å²) in [5.74, 6) is -2.02. The van der Waals surface area contributed by atoms with Crippen molar-refractivity contribution in [2.45, 2.75) is 63.5 Å². The second-order valence-electron chi connectivity index (χ2n) is 11.2. The molecule has 6 nitrogen and oxygen atoms in total. The van der Waals surface area contributed by atoms with Crippen LogP contribution in [0.5, 0.6) is 0 Å². The van der Waals surface area contributed by atoms with Crippen LogP contribution >= 0.6 is 11.6 Å². The third-order valence-electron chi connectivity index (χ3n) is 9.07. The van der Waals surface area contributed by atoms with Gasteiger partial charge in [0, 0.05) is 28.8 Å². The topological polar surface area (TPSA) is 84.2 Å². The third-order valence-corrected chi connectivity index (χ3v) is 9.33. The average Bonchev–Trinajstić information content (AvgIpc) is 3.59. The number of nitrogens with zero attached hydrogens (tertiary/aromatic N) is 2. The number of imidazole rings is 1. The standard InChI is InChI=1S/C29H30ClF2N3O3/c30-19-9-5-17(6-10-19)27-34-23-13-21(31)22(32)14-24(23)35(27)26(25-15-1-2-16(25)4-3-15)28(36)33-20-11-7-18(8-12-20)29(37)38/h5-6,9-10,13-16,18,20,25-26H,1-4,7-8,11-12H2,(H,33,36)(H,37,38). The molecule has 3 saturated carbocycles. The van der Waals surface area contributed by atoms with Crippen molar-refractivity contribution < 1.29 is 23.5 Å². The summed E-state index contributed by atoms with van der Waals surface area (Å²) in [6.45, 7) is 0. The van der Waals surface area contributed by atoms with Gasteiger partial charge in [0.25, 0.3) is 0 Å². The Morgan fingerprint density at radius 3 is 2.16 bits per heavy atom. The van der Waals surface area contributed by atoms with Crippen molar-refractivity contribution in [3.05, 3.63) is 53.1 Å². The summed E-state index contributed by atoms with van der Waals surface area (Å²) in [7, 11) is 0. The van der Waals surface area contributed by atoms with Crippen LogP contribution in [0, 0.1) is 35.3 Å². The molecule has 0 radical (unpaired) electrons. The number of hydrogen-bond donors (Lipinski definition) is 2. The predicted octanol–water partition coefficient (Wildman–Crippen LogP) is 6.37. The maximum Gasteiger partial charge on any atom is 0.306 e. The Morgan fingerprint density at radius 1 is 0.947 bits per heavy atom. The molecule has 1 amide bonds. The first kappa shape index (κ1) is 25.3. The normalized spacial score (nSPS) is 27.5. The van der Waals surface area contributed by atoms with Crippen molar-refractivity contribution >= 4 is 34.5 Å². The Morgan fingerprint density at radius 2 is 1.55 bits per heavy atom. The number of benzene rings is 2. The zero-order valence-electron chi connectivity index (χ0n) is 20.9. The highest BCUT2D eigenvalue weighted by molar-refractivity contribution is 6.30. The molecule has 3 aliphatic carbocycles. The van der Waals surface area contributed by atoms with Crippen LogP contribution < -0.4 is 5.32 Å². The highest BCUT2D eigenvalue weighted by atomic mass is 35.5. The fourth-order valence-corrected chi connectivity index (χ4v) is 7.35. The van der Waals surface area contributed by atoms with E-state index in [0.717, 1.165) is 37.8 Å². The molecule has 38 heavy (non-hydrogen) atoms. The minimum Gasteiger partial charge on any atom is -0.481 e. The van der Waals surface area contributed by atoms with Gasteiger partial charge in [-0.3, -0.25) is 9.59 Å². The molecule has 6 rings (SSSR count). The van der Waals surface area contributed by atoms with Crippen molar-refractivity contribution in [3.63, 3.8) is 0 Å². The van der Waals surface area contributed by atoms with Crippen LogP contribution in [0.25, 0.3) is 22.4 Å². The Bertz CT molecular complexity index is 1360. The minimum absolute atomic E-state index is 0.0573. The Kier molecular flexibility index (Phi) is 6.62. The van der Waals surface area contributed by atoms with Gasteiger partial charge in [-0.15, -0.1) is 0 Å². The number of carboxylic acid groups (broad SMARTS) is 1. The quantitative estimate of drug-likeness (QED) is 0.380. The van der Waals surface area contributed by atoms with Gasteiger partial charge in [0.15, 0.2) is 11.6 Å². The van der Waals surface area contributed by atoms with E-state index in [9.17, 15) is 23.5 Å². The molecule has 200 valence electrons. The molecule has 0 saturated heterocycles. The van der Waals surface area contributed by atoms with Crippen molar-refractivity contribution in [2.24, 2.45) is 23.7 Å². The van der Waals surface area contributed by atoms with Gasteiger partial charge in [-0.1, -0.05) is 11.6 Å². The lowest BCUT2D eigenvalue weighted by molar-refractivity contribution is -0.142. The number of nitrogens with one attached hydrogen (secondary N) is 1. The van der Waals surface area contributed by atoms with E-state index in [0.29, 0.717) is 65.0 Å². The largest absolute Gasteiger partial charge is 0.481 e. The number of amides is 1. The molecule has 2 N–H and O–H groups in total. The highest BCUT2D eigenvalue weighted by Crippen LogP contribution is 2.55. The number of carboxylic acids is 1. The van der Waals surface area contributed by atoms with Gasteiger partial charge < -0.3 is 15.0 Å². The summed E-state index contributed by atoms with van der Waals surface area (Å²) < 4.78 is 30.7. The van der Waals surface area contributed by atoms with Crippen molar-refractivity contribution in [1.82, 2.24) is 14.9 Å². The molecule has 1 unspecified atom stereocenters. The van der Waals surface area contributed by atoms with Crippen molar-refractivity contribution in [3.8, 4) is 11.4 Å². The smallest absolute Gasteiger partial charge is 0.306 e. The summed E-state index contributed by atoms with van der Waals surface area (Å²) in [5, 5.41) is 13.1. The molecule has 2 aromatic carbocycles. The Hall–Kier alpha value is -3.00. The first-order valence-electron chi connectivity index (χ1n) is 13.5. The summed E-state index contributed by atoms with van der Waals surface area (Å²) >= 11 is 6.13. The number of aliphatic carboxylic acids is 1. The zero-order valence-corrected chi connectivity index (χ0v) is 21.6. The van der Waals surface area contributed by atoms with Crippen LogP contribution in [-0.4, -0.2) is 32.6 Å². The lowest BCUT2D eigenvalue weighted by Crippen LogP contribution is -2.45. The van der Waals surface area contributed by atoms with Crippen molar-refractivity contribution in [2.75, 3.05) is 0 Å². The number of aromatic nitrogens is 2. The molecule has 1 atom stereocenters. The molecule has 0 spiro atoms. The lowest BCUT2D eigenvalue weighted by Gasteiger charge is -2.33. The summed E-state index contributed by atoms with van der Waals surface area (Å²) in [6, 6.07) is 8.54. The SMILES string of the molecule is O=C(O)C1CCC(NC(=O)C(C2C3CCC2CC3)n2c(-c3ccc(Cl)cc3)nc3cc(F)c(F)cc32)CC1. The predicted molar refractivity (Wildman–Crippen MR) is 140 cm³/mol. The highest BCUT2D eigenvalue weighted by Gasteiger charge is 2.49. The van der Waals surface area contributed by atoms with E-state index >= 15 is 0 Å². The Labute approximate surface area is 224 Å². The van der Waals surface area contributed by atoms with E-state index in [-0.39, 0.29) is 23.8 Å². The molecule has 0 aliphatic heterocycles. The number of halogens is 3. The number of fused-ring (bicyclic) bond motifs is 3. The van der Waals surface area contributed by atoms with Crippen LogP contribution in [0.15, 0.2) is 36.4 Å². The minimum atomic E-state index is -0.984.